The number of carbonyl (C=O) groups excluding carboxylic acids is 2. The zero-order valence-corrected chi connectivity index (χ0v) is 15.9. The van der Waals surface area contributed by atoms with Crippen molar-refractivity contribution >= 4 is 29.2 Å². The predicted octanol–water partition coefficient (Wildman–Crippen LogP) is 2.16. The van der Waals surface area contributed by atoms with Gasteiger partial charge in [-0.05, 0) is 50.9 Å². The minimum Gasteiger partial charge on any atom is -0.341 e. The molecule has 2 aliphatic heterocycles. The minimum absolute atomic E-state index is 0.0204. The number of carbonyl (C=O) groups is 2. The molecule has 2 aliphatic rings. The molecule has 1 spiro atoms. The van der Waals surface area contributed by atoms with Crippen LogP contribution in [0.25, 0.3) is 6.08 Å². The van der Waals surface area contributed by atoms with E-state index in [2.05, 4.69) is 4.90 Å². The van der Waals surface area contributed by atoms with Gasteiger partial charge in [-0.2, -0.15) is 0 Å². The summed E-state index contributed by atoms with van der Waals surface area (Å²) in [6.45, 7) is 3.80. The fourth-order valence-electron chi connectivity index (χ4n) is 3.77. The molecule has 1 aromatic rings. The summed E-state index contributed by atoms with van der Waals surface area (Å²) in [6.07, 6.45) is 6.20. The van der Waals surface area contributed by atoms with E-state index in [0.29, 0.717) is 6.54 Å². The molecule has 136 valence electrons. The zero-order valence-electron chi connectivity index (χ0n) is 15.1. The molecule has 5 nitrogen and oxygen atoms in total. The molecule has 1 aromatic heterocycles. The average molecular weight is 362 g/mol. The fourth-order valence-corrected chi connectivity index (χ4v) is 4.39. The number of piperidine rings is 1. The first-order chi connectivity index (χ1) is 12.0. The van der Waals surface area contributed by atoms with Crippen LogP contribution in [0.2, 0.25) is 0 Å². The van der Waals surface area contributed by atoms with Gasteiger partial charge in [0.2, 0.25) is 11.8 Å². The summed E-state index contributed by atoms with van der Waals surface area (Å²) in [6, 6.07) is 3.97. The Morgan fingerprint density at radius 2 is 2.20 bits per heavy atom. The highest BCUT2D eigenvalue weighted by Crippen LogP contribution is 2.40. The van der Waals surface area contributed by atoms with Crippen molar-refractivity contribution in [2.24, 2.45) is 5.41 Å². The Balaban J connectivity index is 1.62. The van der Waals surface area contributed by atoms with Gasteiger partial charge in [-0.3, -0.25) is 9.59 Å². The second kappa shape index (κ2) is 7.70. The van der Waals surface area contributed by atoms with E-state index in [4.69, 9.17) is 0 Å². The van der Waals surface area contributed by atoms with E-state index in [1.807, 2.05) is 47.5 Å². The molecule has 0 aromatic carbocycles. The molecule has 0 saturated carbocycles. The SMILES string of the molecule is CN(C)CCN1CCC2(CCCN(C(=O)/C=C/c3cccs3)C2)C1=O. The van der Waals surface area contributed by atoms with Gasteiger partial charge in [0.15, 0.2) is 0 Å². The van der Waals surface area contributed by atoms with Gasteiger partial charge in [-0.15, -0.1) is 11.3 Å². The summed E-state index contributed by atoms with van der Waals surface area (Å²) in [5.74, 6) is 0.265. The summed E-state index contributed by atoms with van der Waals surface area (Å²) < 4.78 is 0. The molecule has 0 radical (unpaired) electrons. The summed E-state index contributed by atoms with van der Waals surface area (Å²) in [5, 5.41) is 2.00. The van der Waals surface area contributed by atoms with Crippen LogP contribution in [-0.2, 0) is 9.59 Å². The molecule has 1 unspecified atom stereocenters. The van der Waals surface area contributed by atoms with Crippen molar-refractivity contribution in [2.45, 2.75) is 19.3 Å². The Kier molecular flexibility index (Phi) is 5.59. The largest absolute Gasteiger partial charge is 0.341 e. The van der Waals surface area contributed by atoms with E-state index < -0.39 is 0 Å². The van der Waals surface area contributed by atoms with E-state index in [1.165, 1.54) is 0 Å². The van der Waals surface area contributed by atoms with Gasteiger partial charge >= 0.3 is 0 Å². The molecule has 1 atom stereocenters. The van der Waals surface area contributed by atoms with Gasteiger partial charge < -0.3 is 14.7 Å². The van der Waals surface area contributed by atoms with Crippen molar-refractivity contribution in [1.29, 1.82) is 0 Å². The van der Waals surface area contributed by atoms with Crippen molar-refractivity contribution in [3.63, 3.8) is 0 Å². The second-order valence-corrected chi connectivity index (χ2v) is 8.32. The van der Waals surface area contributed by atoms with E-state index in [-0.39, 0.29) is 17.2 Å². The van der Waals surface area contributed by atoms with E-state index in [0.717, 1.165) is 50.3 Å². The van der Waals surface area contributed by atoms with Crippen molar-refractivity contribution in [3.05, 3.63) is 28.5 Å². The standard InChI is InChI=1S/C19H27N3O2S/c1-20(2)12-13-21-11-9-19(18(21)24)8-4-10-22(15-19)17(23)7-6-16-5-3-14-25-16/h3,5-7,14H,4,8-13,15H2,1-2H3/b7-6+. The summed E-state index contributed by atoms with van der Waals surface area (Å²) >= 11 is 1.62. The molecule has 2 saturated heterocycles. The highest BCUT2D eigenvalue weighted by atomic mass is 32.1. The lowest BCUT2D eigenvalue weighted by atomic mass is 9.78. The van der Waals surface area contributed by atoms with Crippen LogP contribution in [0.4, 0.5) is 0 Å². The highest BCUT2D eigenvalue weighted by Gasteiger charge is 2.49. The van der Waals surface area contributed by atoms with Crippen LogP contribution in [-0.4, -0.2) is 73.3 Å². The van der Waals surface area contributed by atoms with Crippen LogP contribution in [0.5, 0.6) is 0 Å². The van der Waals surface area contributed by atoms with Crippen LogP contribution in [0.3, 0.4) is 0 Å². The summed E-state index contributed by atoms with van der Waals surface area (Å²) in [4.78, 5) is 32.5. The van der Waals surface area contributed by atoms with Gasteiger partial charge in [-0.25, -0.2) is 0 Å². The van der Waals surface area contributed by atoms with Crippen molar-refractivity contribution in [2.75, 3.05) is 46.8 Å². The van der Waals surface area contributed by atoms with Crippen LogP contribution in [0, 0.1) is 5.41 Å². The number of nitrogens with zero attached hydrogens (tertiary/aromatic N) is 3. The molecule has 25 heavy (non-hydrogen) atoms. The first-order valence-electron chi connectivity index (χ1n) is 8.95. The van der Waals surface area contributed by atoms with Gasteiger partial charge in [0.25, 0.3) is 0 Å². The first-order valence-corrected chi connectivity index (χ1v) is 9.83. The summed E-state index contributed by atoms with van der Waals surface area (Å²) in [5.41, 5.74) is -0.350. The van der Waals surface area contributed by atoms with Crippen molar-refractivity contribution in [3.8, 4) is 0 Å². The third-order valence-electron chi connectivity index (χ3n) is 5.24. The Morgan fingerprint density at radius 1 is 1.36 bits per heavy atom. The quantitative estimate of drug-likeness (QED) is 0.755. The maximum absolute atomic E-state index is 13.0. The van der Waals surface area contributed by atoms with Gasteiger partial charge in [0.05, 0.1) is 5.41 Å². The Morgan fingerprint density at radius 3 is 2.92 bits per heavy atom. The number of amides is 2. The maximum atomic E-state index is 13.0. The number of likely N-dealkylation sites (tertiary alicyclic amines) is 2. The average Bonchev–Trinajstić information content (AvgIpc) is 3.21. The Bertz CT molecular complexity index is 641. The predicted molar refractivity (Wildman–Crippen MR) is 101 cm³/mol. The lowest BCUT2D eigenvalue weighted by molar-refractivity contribution is -0.141. The second-order valence-electron chi connectivity index (χ2n) is 7.34. The zero-order chi connectivity index (χ0) is 17.9. The lowest BCUT2D eigenvalue weighted by Crippen LogP contribution is -2.49. The molecular weight excluding hydrogens is 334 g/mol. The maximum Gasteiger partial charge on any atom is 0.246 e. The number of rotatable bonds is 5. The fraction of sp³-hybridized carbons (Fsp3) is 0.579. The Hall–Kier alpha value is -1.66. The number of hydrogen-bond acceptors (Lipinski definition) is 4. The van der Waals surface area contributed by atoms with Gasteiger partial charge in [0, 0.05) is 43.7 Å². The smallest absolute Gasteiger partial charge is 0.246 e. The van der Waals surface area contributed by atoms with Crippen LogP contribution >= 0.6 is 11.3 Å². The van der Waals surface area contributed by atoms with Crippen molar-refractivity contribution < 1.29 is 9.59 Å². The molecule has 3 rings (SSSR count). The molecule has 0 bridgehead atoms. The van der Waals surface area contributed by atoms with E-state index >= 15 is 0 Å². The molecular formula is C19H27N3O2S. The summed E-state index contributed by atoms with van der Waals surface area (Å²) in [7, 11) is 4.05. The van der Waals surface area contributed by atoms with Crippen LogP contribution in [0.1, 0.15) is 24.1 Å². The number of thiophene rings is 1. The first kappa shape index (κ1) is 18.1. The normalized spacial score (nSPS) is 24.2. The molecule has 0 N–H and O–H groups in total. The lowest BCUT2D eigenvalue weighted by Gasteiger charge is -2.38. The van der Waals surface area contributed by atoms with Gasteiger partial charge in [0.1, 0.15) is 0 Å². The molecule has 3 heterocycles. The highest BCUT2D eigenvalue weighted by molar-refractivity contribution is 7.10. The number of hydrogen-bond donors (Lipinski definition) is 0. The molecule has 0 aliphatic carbocycles. The van der Waals surface area contributed by atoms with Crippen LogP contribution in [0.15, 0.2) is 23.6 Å². The number of likely N-dealkylation sites (N-methyl/N-ethyl adjacent to an activating group) is 1. The Labute approximate surface area is 153 Å². The van der Waals surface area contributed by atoms with Gasteiger partial charge in [-0.1, -0.05) is 6.07 Å². The minimum atomic E-state index is -0.350. The third-order valence-corrected chi connectivity index (χ3v) is 6.08. The molecule has 6 heteroatoms. The molecule has 2 fully saturated rings. The topological polar surface area (TPSA) is 43.9 Å². The van der Waals surface area contributed by atoms with Crippen molar-refractivity contribution in [1.82, 2.24) is 14.7 Å². The van der Waals surface area contributed by atoms with E-state index in [9.17, 15) is 9.59 Å². The third kappa shape index (κ3) is 4.12. The van der Waals surface area contributed by atoms with Crippen LogP contribution < -0.4 is 0 Å². The molecule has 2 amide bonds. The van der Waals surface area contributed by atoms with E-state index in [1.54, 1.807) is 17.4 Å². The monoisotopic (exact) mass is 361 g/mol.